The van der Waals surface area contributed by atoms with Gasteiger partial charge in [0.05, 0.1) is 0 Å². The van der Waals surface area contributed by atoms with E-state index in [0.717, 1.165) is 30.8 Å². The molecule has 2 N–H and O–H groups in total. The molecule has 2 amide bonds. The first kappa shape index (κ1) is 15.5. The van der Waals surface area contributed by atoms with Gasteiger partial charge in [-0.15, -0.1) is 0 Å². The molecule has 0 aliphatic heterocycles. The third kappa shape index (κ3) is 3.96. The van der Waals surface area contributed by atoms with E-state index in [2.05, 4.69) is 0 Å². The summed E-state index contributed by atoms with van der Waals surface area (Å²) in [5, 5.41) is 0. The first-order chi connectivity index (χ1) is 9.15. The van der Waals surface area contributed by atoms with Crippen LogP contribution in [-0.4, -0.2) is 37.1 Å². The standard InChI is InChI=1S/C15H25N3O/c1-4-17(5-2)15(19)18(12-8-11-16)14-10-7-6-9-13(14)3/h6-7,9-10H,4-5,8,11-12,16H2,1-3H3. The average Bonchev–Trinajstić information content (AvgIpc) is 2.42. The van der Waals surface area contributed by atoms with Crippen molar-refractivity contribution in [2.45, 2.75) is 27.2 Å². The summed E-state index contributed by atoms with van der Waals surface area (Å²) in [7, 11) is 0. The van der Waals surface area contributed by atoms with E-state index in [1.54, 1.807) is 0 Å². The molecule has 0 aliphatic rings. The van der Waals surface area contributed by atoms with Crippen LogP contribution in [0.5, 0.6) is 0 Å². The molecule has 106 valence electrons. The maximum Gasteiger partial charge on any atom is 0.324 e. The van der Waals surface area contributed by atoms with E-state index in [9.17, 15) is 4.79 Å². The SMILES string of the molecule is CCN(CC)C(=O)N(CCCN)c1ccccc1C. The first-order valence-corrected chi connectivity index (χ1v) is 6.97. The number of rotatable bonds is 6. The van der Waals surface area contributed by atoms with Gasteiger partial charge in [0.1, 0.15) is 0 Å². The molecule has 0 aromatic heterocycles. The van der Waals surface area contributed by atoms with E-state index in [1.165, 1.54) is 0 Å². The Balaban J connectivity index is 3.01. The van der Waals surface area contributed by atoms with Gasteiger partial charge in [0.25, 0.3) is 0 Å². The molecule has 4 nitrogen and oxygen atoms in total. The van der Waals surface area contributed by atoms with Gasteiger partial charge in [-0.3, -0.25) is 4.90 Å². The molecule has 0 saturated heterocycles. The summed E-state index contributed by atoms with van der Waals surface area (Å²) in [6, 6.07) is 8.04. The Kier molecular flexibility index (Phi) is 6.36. The van der Waals surface area contributed by atoms with Crippen molar-refractivity contribution in [2.75, 3.05) is 31.1 Å². The molecule has 0 unspecified atom stereocenters. The number of amides is 2. The molecule has 0 atom stereocenters. The lowest BCUT2D eigenvalue weighted by Crippen LogP contribution is -2.44. The van der Waals surface area contributed by atoms with Gasteiger partial charge in [-0.05, 0) is 45.4 Å². The van der Waals surface area contributed by atoms with Gasteiger partial charge in [0.15, 0.2) is 0 Å². The molecule has 1 aromatic carbocycles. The number of carbonyl (C=O) groups is 1. The number of urea groups is 1. The van der Waals surface area contributed by atoms with Gasteiger partial charge in [-0.25, -0.2) is 4.79 Å². The molecule has 0 spiro atoms. The molecule has 1 aromatic rings. The highest BCUT2D eigenvalue weighted by Gasteiger charge is 2.20. The van der Waals surface area contributed by atoms with Crippen LogP contribution in [0.25, 0.3) is 0 Å². The molecule has 0 aliphatic carbocycles. The number of anilines is 1. The maximum absolute atomic E-state index is 12.6. The van der Waals surface area contributed by atoms with Crippen LogP contribution in [0.4, 0.5) is 10.5 Å². The first-order valence-electron chi connectivity index (χ1n) is 6.97. The van der Waals surface area contributed by atoms with Crippen LogP contribution in [0.1, 0.15) is 25.8 Å². The fraction of sp³-hybridized carbons (Fsp3) is 0.533. The minimum Gasteiger partial charge on any atom is -0.330 e. The Morgan fingerprint density at radius 1 is 1.21 bits per heavy atom. The van der Waals surface area contributed by atoms with Crippen molar-refractivity contribution in [2.24, 2.45) is 5.73 Å². The maximum atomic E-state index is 12.6. The zero-order valence-electron chi connectivity index (χ0n) is 12.2. The summed E-state index contributed by atoms with van der Waals surface area (Å²) in [6.07, 6.45) is 0.807. The number of hydrogen-bond donors (Lipinski definition) is 1. The second-order valence-electron chi connectivity index (χ2n) is 4.54. The van der Waals surface area contributed by atoms with Gasteiger partial charge >= 0.3 is 6.03 Å². The van der Waals surface area contributed by atoms with Gasteiger partial charge in [0.2, 0.25) is 0 Å². The molecule has 0 heterocycles. The van der Waals surface area contributed by atoms with Crippen LogP contribution in [-0.2, 0) is 0 Å². The van der Waals surface area contributed by atoms with Gasteiger partial charge in [0, 0.05) is 25.3 Å². The van der Waals surface area contributed by atoms with Crippen LogP contribution in [0, 0.1) is 6.92 Å². The quantitative estimate of drug-likeness (QED) is 0.857. The smallest absolute Gasteiger partial charge is 0.324 e. The van der Waals surface area contributed by atoms with E-state index >= 15 is 0 Å². The van der Waals surface area contributed by atoms with Crippen LogP contribution in [0.2, 0.25) is 0 Å². The number of carbonyl (C=O) groups excluding carboxylic acids is 1. The second-order valence-corrected chi connectivity index (χ2v) is 4.54. The van der Waals surface area contributed by atoms with Gasteiger partial charge in [-0.1, -0.05) is 18.2 Å². The predicted octanol–water partition coefficient (Wildman–Crippen LogP) is 2.61. The van der Waals surface area contributed by atoms with Crippen molar-refractivity contribution in [1.82, 2.24) is 4.90 Å². The molecule has 0 fully saturated rings. The molecule has 19 heavy (non-hydrogen) atoms. The fourth-order valence-electron chi connectivity index (χ4n) is 2.10. The fourth-order valence-corrected chi connectivity index (χ4v) is 2.10. The van der Waals surface area contributed by atoms with Crippen LogP contribution >= 0.6 is 0 Å². The number of aryl methyl sites for hydroxylation is 1. The summed E-state index contributed by atoms with van der Waals surface area (Å²) in [4.78, 5) is 16.3. The van der Waals surface area contributed by atoms with Gasteiger partial charge < -0.3 is 10.6 Å². The minimum atomic E-state index is 0.0627. The normalized spacial score (nSPS) is 10.3. The zero-order valence-corrected chi connectivity index (χ0v) is 12.2. The summed E-state index contributed by atoms with van der Waals surface area (Å²) in [5.41, 5.74) is 7.67. The summed E-state index contributed by atoms with van der Waals surface area (Å²) in [5.74, 6) is 0. The number of nitrogens with zero attached hydrogens (tertiary/aromatic N) is 2. The van der Waals surface area contributed by atoms with Crippen LogP contribution in [0.15, 0.2) is 24.3 Å². The summed E-state index contributed by atoms with van der Waals surface area (Å²) < 4.78 is 0. The van der Waals surface area contributed by atoms with Crippen LogP contribution in [0.3, 0.4) is 0 Å². The number of benzene rings is 1. The Morgan fingerprint density at radius 2 is 1.84 bits per heavy atom. The van der Waals surface area contributed by atoms with Crippen molar-refractivity contribution < 1.29 is 4.79 Å². The van der Waals surface area contributed by atoms with E-state index < -0.39 is 0 Å². The lowest BCUT2D eigenvalue weighted by atomic mass is 10.2. The highest BCUT2D eigenvalue weighted by atomic mass is 16.2. The van der Waals surface area contributed by atoms with Crippen molar-refractivity contribution in [1.29, 1.82) is 0 Å². The van der Waals surface area contributed by atoms with Gasteiger partial charge in [-0.2, -0.15) is 0 Å². The Bertz CT molecular complexity index is 402. The van der Waals surface area contributed by atoms with E-state index in [-0.39, 0.29) is 6.03 Å². The molecular weight excluding hydrogens is 238 g/mol. The van der Waals surface area contributed by atoms with Crippen molar-refractivity contribution in [3.8, 4) is 0 Å². The number of hydrogen-bond acceptors (Lipinski definition) is 2. The van der Waals surface area contributed by atoms with Crippen LogP contribution < -0.4 is 10.6 Å². The third-order valence-corrected chi connectivity index (χ3v) is 3.26. The van der Waals surface area contributed by atoms with Crippen molar-refractivity contribution >= 4 is 11.7 Å². The Hall–Kier alpha value is -1.55. The topological polar surface area (TPSA) is 49.6 Å². The molecule has 1 rings (SSSR count). The molecular formula is C15H25N3O. The highest BCUT2D eigenvalue weighted by molar-refractivity contribution is 5.92. The molecule has 0 saturated carbocycles. The van der Waals surface area contributed by atoms with E-state index in [0.29, 0.717) is 13.1 Å². The largest absolute Gasteiger partial charge is 0.330 e. The Labute approximate surface area is 116 Å². The highest BCUT2D eigenvalue weighted by Crippen LogP contribution is 2.21. The monoisotopic (exact) mass is 263 g/mol. The predicted molar refractivity (Wildman–Crippen MR) is 80.5 cm³/mol. The molecule has 0 bridgehead atoms. The number of nitrogens with two attached hydrogens (primary N) is 1. The summed E-state index contributed by atoms with van der Waals surface area (Å²) in [6.45, 7) is 8.73. The molecule has 4 heteroatoms. The molecule has 0 radical (unpaired) electrons. The van der Waals surface area contributed by atoms with E-state index in [1.807, 2.05) is 54.8 Å². The third-order valence-electron chi connectivity index (χ3n) is 3.26. The van der Waals surface area contributed by atoms with E-state index in [4.69, 9.17) is 5.73 Å². The average molecular weight is 263 g/mol. The summed E-state index contributed by atoms with van der Waals surface area (Å²) >= 11 is 0. The van der Waals surface area contributed by atoms with Crippen molar-refractivity contribution in [3.63, 3.8) is 0 Å². The lowest BCUT2D eigenvalue weighted by Gasteiger charge is -2.30. The minimum absolute atomic E-state index is 0.0627. The number of para-hydroxylation sites is 1. The lowest BCUT2D eigenvalue weighted by molar-refractivity contribution is 0.210. The Morgan fingerprint density at radius 3 is 2.37 bits per heavy atom. The van der Waals surface area contributed by atoms with Crippen molar-refractivity contribution in [3.05, 3.63) is 29.8 Å². The second kappa shape index (κ2) is 7.79. The zero-order chi connectivity index (χ0) is 14.3.